The molecule has 0 radical (unpaired) electrons. The van der Waals surface area contributed by atoms with E-state index >= 15 is 0 Å². The van der Waals surface area contributed by atoms with Gasteiger partial charge in [0.2, 0.25) is 11.0 Å². The molecule has 0 spiro atoms. The highest BCUT2D eigenvalue weighted by Crippen LogP contribution is 2.25. The molecule has 9 nitrogen and oxygen atoms in total. The van der Waals surface area contributed by atoms with E-state index in [9.17, 15) is 13.2 Å². The summed E-state index contributed by atoms with van der Waals surface area (Å²) < 4.78 is 26.8. The molecule has 0 aromatic carbocycles. The monoisotopic (exact) mass is 456 g/mol. The van der Waals surface area contributed by atoms with Gasteiger partial charge in [0.15, 0.2) is 10.4 Å². The van der Waals surface area contributed by atoms with Crippen LogP contribution in [0.5, 0.6) is 0 Å². The first-order chi connectivity index (χ1) is 9.78. The van der Waals surface area contributed by atoms with Crippen molar-refractivity contribution in [1.29, 1.82) is 0 Å². The minimum Gasteiger partial charge on any atom is -0.301 e. The fourth-order valence-electron chi connectivity index (χ4n) is 1.11. The van der Waals surface area contributed by atoms with Gasteiger partial charge in [-0.3, -0.25) is 9.52 Å². The summed E-state index contributed by atoms with van der Waals surface area (Å²) in [5.41, 5.74) is 0. The van der Waals surface area contributed by atoms with Gasteiger partial charge in [0.05, 0.1) is 6.20 Å². The lowest BCUT2D eigenvalue weighted by Gasteiger charge is -2.05. The Morgan fingerprint density at radius 1 is 1.33 bits per heavy atom. The van der Waals surface area contributed by atoms with Gasteiger partial charge in [-0.05, 0) is 31.9 Å². The number of halogens is 2. The zero-order valence-corrected chi connectivity index (χ0v) is 15.0. The summed E-state index contributed by atoms with van der Waals surface area (Å²) >= 11 is 6.91. The van der Waals surface area contributed by atoms with Crippen LogP contribution in [-0.2, 0) is 14.8 Å². The topological polar surface area (TPSA) is 127 Å². The van der Waals surface area contributed by atoms with E-state index in [1.165, 1.54) is 13.1 Å². The van der Waals surface area contributed by atoms with Crippen LogP contribution in [0, 0.1) is 0 Å². The Morgan fingerprint density at radius 3 is 2.67 bits per heavy atom. The average molecular weight is 458 g/mol. The van der Waals surface area contributed by atoms with Gasteiger partial charge in [-0.1, -0.05) is 11.3 Å². The van der Waals surface area contributed by atoms with Crippen LogP contribution in [-0.4, -0.2) is 34.5 Å². The molecule has 13 heteroatoms. The van der Waals surface area contributed by atoms with Crippen molar-refractivity contribution in [2.45, 2.75) is 11.3 Å². The second-order valence-electron chi connectivity index (χ2n) is 3.49. The highest BCUT2D eigenvalue weighted by atomic mass is 79.9. The molecule has 2 N–H and O–H groups in total. The molecule has 2 heterocycles. The smallest absolute Gasteiger partial charge is 0.292 e. The molecule has 0 unspecified atom stereocenters. The molecule has 0 atom stereocenters. The third-order valence-electron chi connectivity index (χ3n) is 1.85. The number of aromatic nitrogens is 4. The summed E-state index contributed by atoms with van der Waals surface area (Å²) in [4.78, 5) is 18.7. The van der Waals surface area contributed by atoms with E-state index in [2.05, 4.69) is 62.1 Å². The van der Waals surface area contributed by atoms with Crippen molar-refractivity contribution in [1.82, 2.24) is 20.2 Å². The normalized spacial score (nSPS) is 11.2. The molecule has 0 aliphatic rings. The molecular formula is C8H6Br2N6O3S2. The molecule has 0 fully saturated rings. The molecule has 21 heavy (non-hydrogen) atoms. The van der Waals surface area contributed by atoms with Crippen molar-refractivity contribution in [2.24, 2.45) is 0 Å². The molecule has 0 bridgehead atoms. The fraction of sp³-hybridized carbons (Fsp3) is 0.125. The molecule has 112 valence electrons. The number of rotatable bonds is 4. The first kappa shape index (κ1) is 16.2. The number of amides is 1. The number of anilines is 2. The molecule has 2 aromatic rings. The van der Waals surface area contributed by atoms with Crippen molar-refractivity contribution >= 4 is 70.1 Å². The Labute approximate surface area is 139 Å². The van der Waals surface area contributed by atoms with E-state index in [0.717, 1.165) is 11.3 Å². The molecule has 0 aliphatic heterocycles. The van der Waals surface area contributed by atoms with Crippen LogP contribution in [0.3, 0.4) is 0 Å². The average Bonchev–Trinajstić information content (AvgIpc) is 2.81. The summed E-state index contributed by atoms with van der Waals surface area (Å²) in [6.45, 7) is 1.28. The predicted octanol–water partition coefficient (Wildman–Crippen LogP) is 1.61. The number of sulfonamides is 1. The van der Waals surface area contributed by atoms with Crippen LogP contribution in [0.15, 0.2) is 19.7 Å². The van der Waals surface area contributed by atoms with Crippen LogP contribution in [0.2, 0.25) is 0 Å². The second kappa shape index (κ2) is 6.29. The summed E-state index contributed by atoms with van der Waals surface area (Å²) in [7, 11) is -3.97. The lowest BCUT2D eigenvalue weighted by Crippen LogP contribution is -2.14. The third-order valence-corrected chi connectivity index (χ3v) is 5.33. The maximum absolute atomic E-state index is 12.1. The lowest BCUT2D eigenvalue weighted by atomic mass is 10.7. The molecular weight excluding hydrogens is 452 g/mol. The van der Waals surface area contributed by atoms with Crippen molar-refractivity contribution in [3.63, 3.8) is 0 Å². The third kappa shape index (κ3) is 4.15. The van der Waals surface area contributed by atoms with E-state index in [0.29, 0.717) is 4.60 Å². The van der Waals surface area contributed by atoms with Gasteiger partial charge in [0.1, 0.15) is 4.60 Å². The number of carbonyl (C=O) groups is 1. The van der Waals surface area contributed by atoms with Gasteiger partial charge in [-0.15, -0.1) is 10.2 Å². The van der Waals surface area contributed by atoms with Crippen LogP contribution in [0.25, 0.3) is 0 Å². The van der Waals surface area contributed by atoms with Crippen molar-refractivity contribution in [2.75, 3.05) is 10.0 Å². The number of hydrogen-bond acceptors (Lipinski definition) is 8. The van der Waals surface area contributed by atoms with Gasteiger partial charge < -0.3 is 5.32 Å². The highest BCUT2D eigenvalue weighted by molar-refractivity contribution is 9.11. The molecule has 1 amide bonds. The molecule has 0 aliphatic carbocycles. The Balaban J connectivity index is 2.25. The number of hydrogen-bond donors (Lipinski definition) is 2. The summed E-state index contributed by atoms with van der Waals surface area (Å²) in [5, 5.41) is 9.52. The Morgan fingerprint density at radius 2 is 2.05 bits per heavy atom. The van der Waals surface area contributed by atoms with E-state index in [1.807, 2.05) is 0 Å². The van der Waals surface area contributed by atoms with Crippen molar-refractivity contribution < 1.29 is 13.2 Å². The van der Waals surface area contributed by atoms with Gasteiger partial charge >= 0.3 is 0 Å². The molecule has 2 rings (SSSR count). The largest absolute Gasteiger partial charge is 0.301 e. The van der Waals surface area contributed by atoms with E-state index in [1.54, 1.807) is 0 Å². The summed E-state index contributed by atoms with van der Waals surface area (Å²) in [6.07, 6.45) is 1.34. The molecule has 0 saturated heterocycles. The number of nitrogens with zero attached hydrogens (tertiary/aromatic N) is 4. The standard InChI is InChI=1S/C8H6Br2N6O3S2/c1-3(17)12-7-14-15-8(20-7)21(18,19)16-6-5(10)13-4(9)2-11-6/h2H,1H3,(H,11,16)(H,12,14,17). The van der Waals surface area contributed by atoms with Crippen LogP contribution in [0.4, 0.5) is 10.9 Å². The van der Waals surface area contributed by atoms with Gasteiger partial charge in [0.25, 0.3) is 14.4 Å². The molecule has 0 saturated carbocycles. The zero-order chi connectivity index (χ0) is 15.6. The highest BCUT2D eigenvalue weighted by Gasteiger charge is 2.22. The Kier molecular flexibility index (Phi) is 4.85. The molecule has 2 aromatic heterocycles. The van der Waals surface area contributed by atoms with Crippen LogP contribution < -0.4 is 10.0 Å². The van der Waals surface area contributed by atoms with Crippen LogP contribution in [0.1, 0.15) is 6.92 Å². The number of nitrogens with one attached hydrogen (secondary N) is 2. The summed E-state index contributed by atoms with van der Waals surface area (Å²) in [5.74, 6) is -0.362. The Hall–Kier alpha value is -1.18. The lowest BCUT2D eigenvalue weighted by molar-refractivity contribution is -0.114. The summed E-state index contributed by atoms with van der Waals surface area (Å²) in [6, 6.07) is 0. The second-order valence-corrected chi connectivity index (χ2v) is 7.89. The van der Waals surface area contributed by atoms with Crippen molar-refractivity contribution in [3.05, 3.63) is 15.4 Å². The van der Waals surface area contributed by atoms with E-state index in [-0.39, 0.29) is 25.8 Å². The quantitative estimate of drug-likeness (QED) is 0.667. The maximum atomic E-state index is 12.1. The van der Waals surface area contributed by atoms with Gasteiger partial charge in [0, 0.05) is 6.92 Å². The van der Waals surface area contributed by atoms with Gasteiger partial charge in [-0.2, -0.15) is 8.42 Å². The maximum Gasteiger partial charge on any atom is 0.292 e. The van der Waals surface area contributed by atoms with Crippen LogP contribution >= 0.6 is 43.2 Å². The van der Waals surface area contributed by atoms with E-state index < -0.39 is 10.0 Å². The first-order valence-electron chi connectivity index (χ1n) is 5.10. The minimum atomic E-state index is -3.97. The number of carbonyl (C=O) groups excluding carboxylic acids is 1. The SMILES string of the molecule is CC(=O)Nc1nnc(S(=O)(=O)Nc2ncc(Br)nc2Br)s1. The predicted molar refractivity (Wildman–Crippen MR) is 82.5 cm³/mol. The zero-order valence-electron chi connectivity index (χ0n) is 10.2. The Bertz CT molecular complexity index is 793. The minimum absolute atomic E-state index is 0.00878. The first-order valence-corrected chi connectivity index (χ1v) is 8.98. The van der Waals surface area contributed by atoms with E-state index in [4.69, 9.17) is 0 Å². The van der Waals surface area contributed by atoms with Gasteiger partial charge in [-0.25, -0.2) is 9.97 Å². The van der Waals surface area contributed by atoms with Crippen molar-refractivity contribution in [3.8, 4) is 0 Å². The fourth-order valence-corrected chi connectivity index (χ4v) is 4.11.